The van der Waals surface area contributed by atoms with Crippen LogP contribution in [0.4, 0.5) is 0 Å². The second-order valence-corrected chi connectivity index (χ2v) is 7.41. The molecule has 4 aromatic rings. The zero-order chi connectivity index (χ0) is 20.0. The number of hydrogen-bond donors (Lipinski definition) is 0. The molecule has 0 unspecified atom stereocenters. The highest BCUT2D eigenvalue weighted by Gasteiger charge is 2.26. The monoisotopic (exact) mass is 386 g/mol. The summed E-state index contributed by atoms with van der Waals surface area (Å²) >= 11 is 0. The second kappa shape index (κ2) is 6.84. The Bertz CT molecular complexity index is 1210. The van der Waals surface area contributed by atoms with E-state index in [1.807, 2.05) is 47.8 Å². The average Bonchev–Trinajstić information content (AvgIpc) is 3.27. The Morgan fingerprint density at radius 2 is 1.86 bits per heavy atom. The normalized spacial score (nSPS) is 14.1. The Labute approximate surface area is 168 Å². The molecule has 0 fully saturated rings. The largest absolute Gasteiger partial charge is 0.338 e. The molecule has 3 aromatic heterocycles. The maximum atomic E-state index is 13.3. The summed E-state index contributed by atoms with van der Waals surface area (Å²) in [4.78, 5) is 19.6. The summed E-state index contributed by atoms with van der Waals surface area (Å²) in [5, 5.41) is 9.04. The fourth-order valence-corrected chi connectivity index (χ4v) is 4.18. The highest BCUT2D eigenvalue weighted by molar-refractivity contribution is 5.95. The maximum absolute atomic E-state index is 13.3. The molecule has 0 N–H and O–H groups in total. The molecule has 0 aliphatic carbocycles. The van der Waals surface area contributed by atoms with Crippen LogP contribution in [0, 0.1) is 6.92 Å². The van der Waals surface area contributed by atoms with Gasteiger partial charge >= 0.3 is 0 Å². The number of rotatable bonds is 2. The molecule has 4 heterocycles. The lowest BCUT2D eigenvalue weighted by atomic mass is 10.0. The van der Waals surface area contributed by atoms with Gasteiger partial charge in [-0.1, -0.05) is 30.3 Å². The number of carbonyl (C=O) groups is 1. The molecular formula is C22H22N6O. The van der Waals surface area contributed by atoms with Gasteiger partial charge in [-0.15, -0.1) is 0 Å². The van der Waals surface area contributed by atoms with E-state index in [0.29, 0.717) is 18.7 Å². The predicted octanol–water partition coefficient (Wildman–Crippen LogP) is 2.68. The summed E-state index contributed by atoms with van der Waals surface area (Å²) in [6, 6.07) is 12.1. The molecule has 1 aliphatic rings. The van der Waals surface area contributed by atoms with Crippen molar-refractivity contribution in [3.05, 3.63) is 71.3 Å². The minimum atomic E-state index is 0.00873. The molecule has 0 saturated heterocycles. The van der Waals surface area contributed by atoms with E-state index in [9.17, 15) is 4.79 Å². The molecule has 5 rings (SSSR count). The first-order valence-corrected chi connectivity index (χ1v) is 9.82. The van der Waals surface area contributed by atoms with Crippen molar-refractivity contribution in [3.8, 4) is 11.3 Å². The lowest BCUT2D eigenvalue weighted by Gasteiger charge is -2.21. The summed E-state index contributed by atoms with van der Waals surface area (Å²) in [6.45, 7) is 3.24. The third-order valence-corrected chi connectivity index (χ3v) is 5.75. The quantitative estimate of drug-likeness (QED) is 0.531. The fraction of sp³-hybridized carbons (Fsp3) is 0.273. The van der Waals surface area contributed by atoms with Crippen molar-refractivity contribution < 1.29 is 4.79 Å². The summed E-state index contributed by atoms with van der Waals surface area (Å²) < 4.78 is 3.69. The Morgan fingerprint density at radius 1 is 1.07 bits per heavy atom. The van der Waals surface area contributed by atoms with Gasteiger partial charge in [0.05, 0.1) is 23.1 Å². The molecule has 29 heavy (non-hydrogen) atoms. The van der Waals surface area contributed by atoms with Crippen LogP contribution in [-0.4, -0.2) is 48.3 Å². The molecule has 0 saturated carbocycles. The lowest BCUT2D eigenvalue weighted by molar-refractivity contribution is 0.0760. The van der Waals surface area contributed by atoms with Gasteiger partial charge in [-0.05, 0) is 13.3 Å². The molecule has 1 amide bonds. The first-order chi connectivity index (χ1) is 14.1. The number of benzene rings is 1. The van der Waals surface area contributed by atoms with Crippen LogP contribution in [0.2, 0.25) is 0 Å². The number of nitrogens with zero attached hydrogens (tertiary/aromatic N) is 6. The van der Waals surface area contributed by atoms with Gasteiger partial charge in [0.15, 0.2) is 5.65 Å². The van der Waals surface area contributed by atoms with E-state index in [4.69, 9.17) is 5.10 Å². The van der Waals surface area contributed by atoms with E-state index in [-0.39, 0.29) is 5.91 Å². The van der Waals surface area contributed by atoms with Crippen LogP contribution in [0.25, 0.3) is 16.9 Å². The van der Waals surface area contributed by atoms with Crippen molar-refractivity contribution in [2.75, 3.05) is 13.1 Å². The number of hydrogen-bond acceptors (Lipinski definition) is 4. The highest BCUT2D eigenvalue weighted by Crippen LogP contribution is 2.28. The van der Waals surface area contributed by atoms with Crippen LogP contribution in [0.3, 0.4) is 0 Å². The lowest BCUT2D eigenvalue weighted by Crippen LogP contribution is -2.34. The molecule has 0 spiro atoms. The van der Waals surface area contributed by atoms with Crippen LogP contribution in [0.15, 0.2) is 48.8 Å². The molecule has 0 radical (unpaired) electrons. The van der Waals surface area contributed by atoms with Gasteiger partial charge < -0.3 is 4.90 Å². The number of carbonyl (C=O) groups excluding carboxylic acids is 1. The fourth-order valence-electron chi connectivity index (χ4n) is 4.18. The first kappa shape index (κ1) is 17.6. The smallest absolute Gasteiger partial charge is 0.257 e. The predicted molar refractivity (Wildman–Crippen MR) is 110 cm³/mol. The Hall–Kier alpha value is -3.48. The van der Waals surface area contributed by atoms with Gasteiger partial charge in [-0.25, -0.2) is 9.50 Å². The van der Waals surface area contributed by atoms with E-state index < -0.39 is 0 Å². The van der Waals surface area contributed by atoms with Gasteiger partial charge in [0.2, 0.25) is 0 Å². The number of fused-ring (bicyclic) bond motifs is 2. The zero-order valence-corrected chi connectivity index (χ0v) is 16.5. The van der Waals surface area contributed by atoms with Crippen LogP contribution in [-0.2, 0) is 19.9 Å². The Kier molecular flexibility index (Phi) is 4.16. The van der Waals surface area contributed by atoms with Gasteiger partial charge in [0.25, 0.3) is 5.91 Å². The van der Waals surface area contributed by atoms with Gasteiger partial charge in [-0.3, -0.25) is 9.48 Å². The zero-order valence-electron chi connectivity index (χ0n) is 16.5. The average molecular weight is 386 g/mol. The minimum Gasteiger partial charge on any atom is -0.338 e. The van der Waals surface area contributed by atoms with E-state index in [0.717, 1.165) is 35.4 Å². The number of aryl methyl sites for hydroxylation is 2. The molecule has 7 heteroatoms. The van der Waals surface area contributed by atoms with E-state index in [1.54, 1.807) is 16.9 Å². The van der Waals surface area contributed by atoms with Crippen molar-refractivity contribution in [2.45, 2.75) is 19.8 Å². The van der Waals surface area contributed by atoms with Crippen LogP contribution in [0.1, 0.15) is 27.3 Å². The third kappa shape index (κ3) is 2.90. The molecule has 146 valence electrons. The topological polar surface area (TPSA) is 68.3 Å². The summed E-state index contributed by atoms with van der Waals surface area (Å²) in [5.41, 5.74) is 6.76. The summed E-state index contributed by atoms with van der Waals surface area (Å²) in [6.07, 6.45) is 4.94. The molecule has 7 nitrogen and oxygen atoms in total. The minimum absolute atomic E-state index is 0.00873. The van der Waals surface area contributed by atoms with Gasteiger partial charge in [0.1, 0.15) is 0 Å². The second-order valence-electron chi connectivity index (χ2n) is 7.41. The summed E-state index contributed by atoms with van der Waals surface area (Å²) in [5.74, 6) is 0.00873. The Morgan fingerprint density at radius 3 is 2.69 bits per heavy atom. The molecule has 1 aliphatic heterocycles. The molecular weight excluding hydrogens is 364 g/mol. The number of amides is 1. The van der Waals surface area contributed by atoms with Crippen molar-refractivity contribution in [2.24, 2.45) is 7.05 Å². The molecule has 1 aromatic carbocycles. The molecule has 0 atom stereocenters. The van der Waals surface area contributed by atoms with Crippen LogP contribution in [0.5, 0.6) is 0 Å². The van der Waals surface area contributed by atoms with E-state index in [2.05, 4.69) is 22.2 Å². The van der Waals surface area contributed by atoms with Crippen LogP contribution >= 0.6 is 0 Å². The van der Waals surface area contributed by atoms with E-state index >= 15 is 0 Å². The van der Waals surface area contributed by atoms with Crippen LogP contribution < -0.4 is 0 Å². The SMILES string of the molecule is Cc1c(C(=O)N2CCc3c(-c4ccccc4)nn(C)c3CC2)cnc2ccnn12. The van der Waals surface area contributed by atoms with Gasteiger partial charge in [0, 0.05) is 55.6 Å². The van der Waals surface area contributed by atoms with Crippen molar-refractivity contribution in [3.63, 3.8) is 0 Å². The van der Waals surface area contributed by atoms with Gasteiger partial charge in [-0.2, -0.15) is 10.2 Å². The van der Waals surface area contributed by atoms with E-state index in [1.165, 1.54) is 11.3 Å². The maximum Gasteiger partial charge on any atom is 0.257 e. The van der Waals surface area contributed by atoms with Crippen molar-refractivity contribution >= 4 is 11.6 Å². The molecule has 0 bridgehead atoms. The standard InChI is InChI=1S/C22H22N6O/c1-15-18(14-23-20-8-11-24-28(15)20)22(29)27-12-9-17-19(10-13-27)26(2)25-21(17)16-6-4-3-5-7-16/h3-8,11,14H,9-10,12-13H2,1-2H3. The highest BCUT2D eigenvalue weighted by atomic mass is 16.2. The first-order valence-electron chi connectivity index (χ1n) is 9.82. The third-order valence-electron chi connectivity index (χ3n) is 5.75. The Balaban J connectivity index is 1.45. The van der Waals surface area contributed by atoms with Crippen molar-refractivity contribution in [1.29, 1.82) is 0 Å². The summed E-state index contributed by atoms with van der Waals surface area (Å²) in [7, 11) is 1.99. The van der Waals surface area contributed by atoms with Crippen molar-refractivity contribution in [1.82, 2.24) is 29.3 Å². The number of aromatic nitrogens is 5.